The Bertz CT molecular complexity index is 495. The normalized spacial score (nSPS) is 11.5. The molecule has 2 N–H and O–H groups in total. The molecule has 0 fully saturated rings. The van der Waals surface area contributed by atoms with E-state index in [1.54, 1.807) is 6.07 Å². The quantitative estimate of drug-likeness (QED) is 0.860. The van der Waals surface area contributed by atoms with Crippen LogP contribution in [0.1, 0.15) is 23.2 Å². The summed E-state index contributed by atoms with van der Waals surface area (Å²) in [5.41, 5.74) is 4.14. The predicted octanol–water partition coefficient (Wildman–Crippen LogP) is 2.44. The molecule has 0 aliphatic carbocycles. The van der Waals surface area contributed by atoms with Gasteiger partial charge in [-0.15, -0.1) is 13.2 Å². The van der Waals surface area contributed by atoms with Crippen LogP contribution < -0.4 is 10.5 Å². The van der Waals surface area contributed by atoms with E-state index in [-0.39, 0.29) is 17.8 Å². The average molecular weight is 281 g/mol. The molecule has 0 saturated heterocycles. The van der Waals surface area contributed by atoms with E-state index in [9.17, 15) is 22.0 Å². The van der Waals surface area contributed by atoms with Crippen molar-refractivity contribution in [1.82, 2.24) is 4.98 Å². The second kappa shape index (κ2) is 5.79. The highest BCUT2D eigenvalue weighted by Crippen LogP contribution is 2.30. The van der Waals surface area contributed by atoms with Gasteiger partial charge in [-0.3, -0.25) is 0 Å². The third-order valence-electron chi connectivity index (χ3n) is 2.13. The van der Waals surface area contributed by atoms with Crippen LogP contribution in [0.2, 0.25) is 0 Å². The monoisotopic (exact) mass is 281 g/mol. The summed E-state index contributed by atoms with van der Waals surface area (Å²) >= 11 is 0. The smallest absolute Gasteiger partial charge is 0.388 e. The molecule has 0 atom stereocenters. The Morgan fingerprint density at radius 2 is 2.05 bits per heavy atom. The van der Waals surface area contributed by atoms with Gasteiger partial charge in [-0.05, 0) is 5.56 Å². The van der Waals surface area contributed by atoms with E-state index < -0.39 is 30.7 Å². The average Bonchev–Trinajstić information content (AvgIpc) is 2.26. The van der Waals surface area contributed by atoms with Gasteiger partial charge in [0, 0.05) is 18.2 Å². The van der Waals surface area contributed by atoms with Crippen LogP contribution in [0, 0.1) is 11.3 Å². The molecule has 0 saturated carbocycles. The minimum Gasteiger partial charge on any atom is -0.388 e. The number of hydrogen-bond acceptors (Lipinski definition) is 4. The molecule has 0 radical (unpaired) electrons. The lowest BCUT2D eigenvalue weighted by Crippen LogP contribution is -2.19. The van der Waals surface area contributed by atoms with Crippen molar-refractivity contribution in [2.75, 3.05) is 0 Å². The number of ether oxygens (including phenoxy) is 1. The fraction of sp³-hybridized carbons (Fsp3) is 0.400. The van der Waals surface area contributed by atoms with Gasteiger partial charge in [-0.2, -0.15) is 5.26 Å². The molecule has 0 amide bonds. The second-order valence-corrected chi connectivity index (χ2v) is 3.36. The maximum Gasteiger partial charge on any atom is 0.574 e. The molecule has 1 rings (SSSR count). The minimum absolute atomic E-state index is 0.147. The van der Waals surface area contributed by atoms with E-state index >= 15 is 0 Å². The molecule has 1 heterocycles. The van der Waals surface area contributed by atoms with Crippen molar-refractivity contribution in [3.05, 3.63) is 22.9 Å². The van der Waals surface area contributed by atoms with E-state index in [2.05, 4.69) is 9.72 Å². The number of halogens is 5. The number of nitrogens with zero attached hydrogens (tertiary/aromatic N) is 2. The van der Waals surface area contributed by atoms with Crippen molar-refractivity contribution in [1.29, 1.82) is 5.26 Å². The van der Waals surface area contributed by atoms with Crippen LogP contribution in [0.3, 0.4) is 0 Å². The highest BCUT2D eigenvalue weighted by Gasteiger charge is 2.33. The second-order valence-electron chi connectivity index (χ2n) is 3.36. The summed E-state index contributed by atoms with van der Waals surface area (Å²) in [4.78, 5) is 3.38. The van der Waals surface area contributed by atoms with Gasteiger partial charge >= 0.3 is 6.36 Å². The van der Waals surface area contributed by atoms with Crippen LogP contribution in [0.25, 0.3) is 0 Å². The van der Waals surface area contributed by atoms with Crippen LogP contribution in [0.4, 0.5) is 22.0 Å². The molecule has 104 valence electrons. The van der Waals surface area contributed by atoms with E-state index in [0.717, 1.165) is 0 Å². The lowest BCUT2D eigenvalue weighted by atomic mass is 10.0. The number of pyridine rings is 1. The van der Waals surface area contributed by atoms with E-state index in [1.807, 2.05) is 0 Å². The molecule has 1 aromatic heterocycles. The molecule has 0 aliphatic rings. The summed E-state index contributed by atoms with van der Waals surface area (Å²) in [7, 11) is 0. The third-order valence-corrected chi connectivity index (χ3v) is 2.13. The van der Waals surface area contributed by atoms with E-state index in [1.165, 1.54) is 0 Å². The van der Waals surface area contributed by atoms with Gasteiger partial charge in [-0.25, -0.2) is 13.8 Å². The van der Waals surface area contributed by atoms with Crippen molar-refractivity contribution in [2.24, 2.45) is 5.73 Å². The van der Waals surface area contributed by atoms with Gasteiger partial charge in [0.05, 0.1) is 18.2 Å². The Kier molecular flexibility index (Phi) is 4.61. The van der Waals surface area contributed by atoms with Crippen LogP contribution in [0.15, 0.2) is 6.07 Å². The Balaban J connectivity index is 3.33. The maximum absolute atomic E-state index is 12.7. The maximum atomic E-state index is 12.7. The summed E-state index contributed by atoms with van der Waals surface area (Å²) in [5.74, 6) is -1.04. The van der Waals surface area contributed by atoms with Crippen molar-refractivity contribution in [3.63, 3.8) is 0 Å². The number of nitrogens with two attached hydrogens (primary N) is 1. The summed E-state index contributed by atoms with van der Waals surface area (Å²) in [6, 6.07) is 2.09. The molecule has 0 aromatic carbocycles. The molecule has 9 heteroatoms. The lowest BCUT2D eigenvalue weighted by Gasteiger charge is -2.14. The number of rotatable bonds is 4. The number of alkyl halides is 5. The third kappa shape index (κ3) is 4.03. The number of nitriles is 1. The molecule has 0 spiro atoms. The van der Waals surface area contributed by atoms with Gasteiger partial charge < -0.3 is 10.5 Å². The molecule has 19 heavy (non-hydrogen) atoms. The van der Waals surface area contributed by atoms with Gasteiger partial charge in [-0.1, -0.05) is 0 Å². The standard InChI is InChI=1S/C10H8F5N3O/c11-9(12)5-3-8(19-10(13,14)15)18-7(1-2-16)6(5)4-17/h3,9H,1,4,17H2. The van der Waals surface area contributed by atoms with Gasteiger partial charge in [0.2, 0.25) is 5.88 Å². The predicted molar refractivity (Wildman–Crippen MR) is 53.1 cm³/mol. The molecule has 1 aromatic rings. The SMILES string of the molecule is N#CCc1nc(OC(F)(F)F)cc(C(F)F)c1CN. The molecular formula is C10H8F5N3O. The molecule has 0 bridgehead atoms. The molecule has 0 aliphatic heterocycles. The molecule has 0 unspecified atom stereocenters. The number of aromatic nitrogens is 1. The van der Waals surface area contributed by atoms with Crippen molar-refractivity contribution in [3.8, 4) is 11.9 Å². The fourth-order valence-electron chi connectivity index (χ4n) is 1.44. The van der Waals surface area contributed by atoms with Crippen molar-refractivity contribution >= 4 is 0 Å². The molecule has 4 nitrogen and oxygen atoms in total. The van der Waals surface area contributed by atoms with E-state index in [4.69, 9.17) is 11.0 Å². The minimum atomic E-state index is -5.06. The van der Waals surface area contributed by atoms with Crippen LogP contribution in [-0.2, 0) is 13.0 Å². The Labute approximate surface area is 104 Å². The zero-order chi connectivity index (χ0) is 14.6. The van der Waals surface area contributed by atoms with Crippen molar-refractivity contribution < 1.29 is 26.7 Å². The number of hydrogen-bond donors (Lipinski definition) is 1. The highest BCUT2D eigenvalue weighted by atomic mass is 19.4. The first-order valence-electron chi connectivity index (χ1n) is 4.92. The van der Waals surface area contributed by atoms with Crippen LogP contribution in [-0.4, -0.2) is 11.3 Å². The highest BCUT2D eigenvalue weighted by molar-refractivity contribution is 5.37. The summed E-state index contributed by atoms with van der Waals surface area (Å²) in [6.07, 6.45) is -8.54. The van der Waals surface area contributed by atoms with Crippen LogP contribution >= 0.6 is 0 Å². The Morgan fingerprint density at radius 1 is 1.42 bits per heavy atom. The van der Waals surface area contributed by atoms with Gasteiger partial charge in [0.15, 0.2) is 0 Å². The van der Waals surface area contributed by atoms with Gasteiger partial charge in [0.25, 0.3) is 6.43 Å². The zero-order valence-electron chi connectivity index (χ0n) is 9.34. The summed E-state index contributed by atoms with van der Waals surface area (Å²) in [5, 5.41) is 8.51. The first kappa shape index (κ1) is 15.1. The van der Waals surface area contributed by atoms with E-state index in [0.29, 0.717) is 6.07 Å². The van der Waals surface area contributed by atoms with Crippen LogP contribution in [0.5, 0.6) is 5.88 Å². The molecular weight excluding hydrogens is 273 g/mol. The largest absolute Gasteiger partial charge is 0.574 e. The topological polar surface area (TPSA) is 71.9 Å². The first-order chi connectivity index (χ1) is 8.78. The first-order valence-corrected chi connectivity index (χ1v) is 4.92. The zero-order valence-corrected chi connectivity index (χ0v) is 9.34. The summed E-state index contributed by atoms with van der Waals surface area (Å²) < 4.78 is 65.1. The lowest BCUT2D eigenvalue weighted by molar-refractivity contribution is -0.276. The Morgan fingerprint density at radius 3 is 2.47 bits per heavy atom. The van der Waals surface area contributed by atoms with Crippen molar-refractivity contribution in [2.45, 2.75) is 25.8 Å². The Hall–Kier alpha value is -1.95. The fourth-order valence-corrected chi connectivity index (χ4v) is 1.44. The van der Waals surface area contributed by atoms with Gasteiger partial charge in [0.1, 0.15) is 0 Å². The summed E-state index contributed by atoms with van der Waals surface area (Å²) in [6.45, 7) is -0.365.